The molecule has 2 rings (SSSR count). The maximum absolute atomic E-state index is 12.2. The third-order valence-corrected chi connectivity index (χ3v) is 3.56. The highest BCUT2D eigenvalue weighted by atomic mass is 35.5. The number of carbonyl (C=O) groups is 1. The molecular weight excluding hydrogens is 250 g/mol. The molecule has 1 aliphatic carbocycles. The summed E-state index contributed by atoms with van der Waals surface area (Å²) in [7, 11) is 0. The number of halogens is 1. The second kappa shape index (κ2) is 6.07. The van der Waals surface area contributed by atoms with Crippen LogP contribution in [0.3, 0.4) is 0 Å². The van der Waals surface area contributed by atoms with E-state index >= 15 is 0 Å². The summed E-state index contributed by atoms with van der Waals surface area (Å²) in [5, 5.41) is 3.57. The predicted octanol–water partition coefficient (Wildman–Crippen LogP) is 2.69. The van der Waals surface area contributed by atoms with E-state index in [1.807, 2.05) is 0 Å². The van der Waals surface area contributed by atoms with Crippen molar-refractivity contribution in [3.05, 3.63) is 28.8 Å². The summed E-state index contributed by atoms with van der Waals surface area (Å²) in [4.78, 5) is 12.2. The van der Waals surface area contributed by atoms with E-state index < -0.39 is 0 Å². The molecule has 4 N–H and O–H groups in total. The fourth-order valence-electron chi connectivity index (χ4n) is 2.34. The number of nitrogens with two attached hydrogens (primary N) is 1. The van der Waals surface area contributed by atoms with Crippen molar-refractivity contribution in [1.82, 2.24) is 5.32 Å². The van der Waals surface area contributed by atoms with Crippen LogP contribution in [-0.4, -0.2) is 11.9 Å². The molecule has 0 spiro atoms. The minimum atomic E-state index is -0.114. The number of benzene rings is 1. The zero-order chi connectivity index (χ0) is 13.0. The van der Waals surface area contributed by atoms with Gasteiger partial charge in [-0.15, -0.1) is 0 Å². The summed E-state index contributed by atoms with van der Waals surface area (Å²) in [5.74, 6) is 5.29. The highest BCUT2D eigenvalue weighted by Gasteiger charge is 2.18. The molecule has 98 valence electrons. The first kappa shape index (κ1) is 13.2. The molecule has 5 heteroatoms. The lowest BCUT2D eigenvalue weighted by Gasteiger charge is -2.23. The summed E-state index contributed by atoms with van der Waals surface area (Å²) in [5.41, 5.74) is 3.61. The van der Waals surface area contributed by atoms with E-state index in [4.69, 9.17) is 17.4 Å². The van der Waals surface area contributed by atoms with Gasteiger partial charge in [0.15, 0.2) is 0 Å². The van der Waals surface area contributed by atoms with Crippen molar-refractivity contribution >= 4 is 23.2 Å². The van der Waals surface area contributed by atoms with Crippen molar-refractivity contribution in [3.8, 4) is 0 Å². The lowest BCUT2D eigenvalue weighted by Crippen LogP contribution is -2.36. The molecule has 0 radical (unpaired) electrons. The molecule has 0 bridgehead atoms. The molecule has 1 aliphatic rings. The molecule has 0 atom stereocenters. The van der Waals surface area contributed by atoms with Gasteiger partial charge in [0.05, 0.1) is 11.3 Å². The van der Waals surface area contributed by atoms with Crippen LogP contribution in [0.1, 0.15) is 42.5 Å². The molecule has 1 aromatic rings. The van der Waals surface area contributed by atoms with Crippen LogP contribution in [0.5, 0.6) is 0 Å². The van der Waals surface area contributed by atoms with Gasteiger partial charge in [-0.3, -0.25) is 10.6 Å². The summed E-state index contributed by atoms with van der Waals surface area (Å²) >= 11 is 5.91. The normalized spacial score (nSPS) is 16.3. The molecule has 1 fully saturated rings. The average molecular weight is 268 g/mol. The van der Waals surface area contributed by atoms with Crippen LogP contribution < -0.4 is 16.6 Å². The van der Waals surface area contributed by atoms with Gasteiger partial charge in [-0.2, -0.15) is 0 Å². The zero-order valence-electron chi connectivity index (χ0n) is 10.2. The van der Waals surface area contributed by atoms with Crippen LogP contribution in [0.25, 0.3) is 0 Å². The Morgan fingerprint density at radius 1 is 1.28 bits per heavy atom. The Hall–Kier alpha value is -1.26. The number of amides is 1. The van der Waals surface area contributed by atoms with Gasteiger partial charge in [0.2, 0.25) is 0 Å². The van der Waals surface area contributed by atoms with Crippen LogP contribution in [0, 0.1) is 0 Å². The highest BCUT2D eigenvalue weighted by Crippen LogP contribution is 2.22. The van der Waals surface area contributed by atoms with Crippen LogP contribution >= 0.6 is 11.6 Å². The summed E-state index contributed by atoms with van der Waals surface area (Å²) in [6.07, 6.45) is 5.74. The first-order chi connectivity index (χ1) is 8.70. The zero-order valence-corrected chi connectivity index (χ0v) is 11.0. The Labute approximate surface area is 112 Å². The van der Waals surface area contributed by atoms with E-state index in [2.05, 4.69) is 10.7 Å². The molecule has 1 saturated carbocycles. The molecule has 0 aliphatic heterocycles. The second-order valence-corrected chi connectivity index (χ2v) is 5.08. The first-order valence-corrected chi connectivity index (χ1v) is 6.65. The maximum atomic E-state index is 12.2. The standard InChI is InChI=1S/C13H18ClN3O/c14-9-6-7-12(17-15)11(8-9)13(18)16-10-4-2-1-3-5-10/h6-8,10,17H,1-5,15H2,(H,16,18). The van der Waals surface area contributed by atoms with Gasteiger partial charge in [-0.25, -0.2) is 0 Å². The average Bonchev–Trinajstić information content (AvgIpc) is 2.40. The van der Waals surface area contributed by atoms with Gasteiger partial charge in [-0.05, 0) is 31.0 Å². The van der Waals surface area contributed by atoms with Gasteiger partial charge in [0.25, 0.3) is 5.91 Å². The molecule has 0 heterocycles. The Kier molecular flexibility index (Phi) is 4.44. The molecule has 1 aromatic carbocycles. The van der Waals surface area contributed by atoms with Crippen molar-refractivity contribution in [2.24, 2.45) is 5.84 Å². The number of carbonyl (C=O) groups excluding carboxylic acids is 1. The minimum absolute atomic E-state index is 0.114. The number of hydrogen-bond acceptors (Lipinski definition) is 3. The summed E-state index contributed by atoms with van der Waals surface area (Å²) in [6.45, 7) is 0. The van der Waals surface area contributed by atoms with E-state index in [9.17, 15) is 4.79 Å². The maximum Gasteiger partial charge on any atom is 0.253 e. The van der Waals surface area contributed by atoms with Gasteiger partial charge < -0.3 is 10.7 Å². The summed E-state index contributed by atoms with van der Waals surface area (Å²) < 4.78 is 0. The topological polar surface area (TPSA) is 67.1 Å². The van der Waals surface area contributed by atoms with E-state index in [-0.39, 0.29) is 11.9 Å². The molecule has 0 unspecified atom stereocenters. The first-order valence-electron chi connectivity index (χ1n) is 6.27. The molecular formula is C13H18ClN3O. The Balaban J connectivity index is 2.09. The number of nitrogens with one attached hydrogen (secondary N) is 2. The van der Waals surface area contributed by atoms with E-state index in [1.54, 1.807) is 18.2 Å². The molecule has 0 saturated heterocycles. The van der Waals surface area contributed by atoms with Gasteiger partial charge in [-0.1, -0.05) is 30.9 Å². The molecule has 4 nitrogen and oxygen atoms in total. The summed E-state index contributed by atoms with van der Waals surface area (Å²) in [6, 6.07) is 5.32. The predicted molar refractivity (Wildman–Crippen MR) is 73.6 cm³/mol. The van der Waals surface area contributed by atoms with Gasteiger partial charge >= 0.3 is 0 Å². The molecule has 18 heavy (non-hydrogen) atoms. The number of hydrazine groups is 1. The van der Waals surface area contributed by atoms with Crippen LogP contribution in [0.2, 0.25) is 5.02 Å². The SMILES string of the molecule is NNc1ccc(Cl)cc1C(=O)NC1CCCCC1. The third kappa shape index (κ3) is 3.15. The van der Waals surface area contributed by atoms with Gasteiger partial charge in [0.1, 0.15) is 0 Å². The number of nitrogen functional groups attached to an aromatic ring is 1. The van der Waals surface area contributed by atoms with Crippen molar-refractivity contribution in [1.29, 1.82) is 0 Å². The van der Waals surface area contributed by atoms with Gasteiger partial charge in [0, 0.05) is 11.1 Å². The van der Waals surface area contributed by atoms with E-state index in [0.717, 1.165) is 12.8 Å². The highest BCUT2D eigenvalue weighted by molar-refractivity contribution is 6.31. The largest absolute Gasteiger partial charge is 0.349 e. The monoisotopic (exact) mass is 267 g/mol. The fourth-order valence-corrected chi connectivity index (χ4v) is 2.51. The van der Waals surface area contributed by atoms with Crippen molar-refractivity contribution in [2.45, 2.75) is 38.1 Å². The van der Waals surface area contributed by atoms with Crippen LogP contribution in [-0.2, 0) is 0 Å². The molecule has 0 aromatic heterocycles. The number of rotatable bonds is 3. The number of hydrogen-bond donors (Lipinski definition) is 3. The van der Waals surface area contributed by atoms with Crippen LogP contribution in [0.4, 0.5) is 5.69 Å². The fraction of sp³-hybridized carbons (Fsp3) is 0.462. The number of anilines is 1. The second-order valence-electron chi connectivity index (χ2n) is 4.64. The molecule has 1 amide bonds. The van der Waals surface area contributed by atoms with Crippen LogP contribution in [0.15, 0.2) is 18.2 Å². The van der Waals surface area contributed by atoms with Crippen molar-refractivity contribution < 1.29 is 4.79 Å². The smallest absolute Gasteiger partial charge is 0.253 e. The Morgan fingerprint density at radius 2 is 2.00 bits per heavy atom. The Bertz CT molecular complexity index is 430. The van der Waals surface area contributed by atoms with Crippen molar-refractivity contribution in [2.75, 3.05) is 5.43 Å². The van der Waals surface area contributed by atoms with E-state index in [0.29, 0.717) is 16.3 Å². The lowest BCUT2D eigenvalue weighted by molar-refractivity contribution is 0.0928. The van der Waals surface area contributed by atoms with Crippen molar-refractivity contribution in [3.63, 3.8) is 0 Å². The van der Waals surface area contributed by atoms with E-state index in [1.165, 1.54) is 19.3 Å². The quantitative estimate of drug-likeness (QED) is 0.583. The third-order valence-electron chi connectivity index (χ3n) is 3.32. The minimum Gasteiger partial charge on any atom is -0.349 e. The Morgan fingerprint density at radius 3 is 2.67 bits per heavy atom. The lowest BCUT2D eigenvalue weighted by atomic mass is 9.95.